The number of nitrogens with one attached hydrogen (secondary N) is 2. The third-order valence-electron chi connectivity index (χ3n) is 8.28. The molecule has 3 heterocycles. The summed E-state index contributed by atoms with van der Waals surface area (Å²) < 4.78 is 4.83. The number of benzene rings is 1. The second kappa shape index (κ2) is 11.1. The van der Waals surface area contributed by atoms with Crippen LogP contribution in [0.15, 0.2) is 24.3 Å². The number of hydrogen-bond donors (Lipinski definition) is 3. The topological polar surface area (TPSA) is 108 Å². The van der Waals surface area contributed by atoms with Crippen LogP contribution >= 0.6 is 27.7 Å². The monoisotopic (exact) mass is 593 g/mol. The van der Waals surface area contributed by atoms with Crippen molar-refractivity contribution in [2.24, 2.45) is 11.8 Å². The van der Waals surface area contributed by atoms with Gasteiger partial charge < -0.3 is 25.4 Å². The van der Waals surface area contributed by atoms with Crippen molar-refractivity contribution in [2.75, 3.05) is 25.1 Å². The molecule has 3 aliphatic heterocycles. The summed E-state index contributed by atoms with van der Waals surface area (Å²) in [5.74, 6) is -0.833. The lowest BCUT2D eigenvalue weighted by Crippen LogP contribution is -2.56. The van der Waals surface area contributed by atoms with E-state index >= 15 is 0 Å². The van der Waals surface area contributed by atoms with Gasteiger partial charge in [-0.15, -0.1) is 11.8 Å². The SMILES string of the molecule is CCOc1ccc(NC(=O)[C@H]2[C@H]3C(=O)N(CCCO)C(C(=O)NC4CCCCC4)C34CC(Br)[C@@H]2S4)cc1. The number of halogens is 1. The van der Waals surface area contributed by atoms with E-state index in [1.165, 1.54) is 6.42 Å². The van der Waals surface area contributed by atoms with Crippen LogP contribution in [-0.2, 0) is 14.4 Å². The first-order valence-corrected chi connectivity index (χ1v) is 15.3. The summed E-state index contributed by atoms with van der Waals surface area (Å²) >= 11 is 5.44. The third-order valence-corrected chi connectivity index (χ3v) is 11.5. The Morgan fingerprint density at radius 1 is 1.19 bits per heavy atom. The van der Waals surface area contributed by atoms with Crippen molar-refractivity contribution in [1.82, 2.24) is 10.2 Å². The highest BCUT2D eigenvalue weighted by Crippen LogP contribution is 2.67. The number of hydrogen-bond acceptors (Lipinski definition) is 6. The van der Waals surface area contributed by atoms with E-state index < -0.39 is 22.6 Å². The van der Waals surface area contributed by atoms with E-state index in [1.54, 1.807) is 28.8 Å². The predicted octanol–water partition coefficient (Wildman–Crippen LogP) is 3.32. The van der Waals surface area contributed by atoms with Crippen LogP contribution in [0.1, 0.15) is 51.9 Å². The lowest BCUT2D eigenvalue weighted by Gasteiger charge is -2.36. The Labute approximate surface area is 230 Å². The van der Waals surface area contributed by atoms with Gasteiger partial charge in [0.05, 0.1) is 23.2 Å². The molecule has 2 bridgehead atoms. The van der Waals surface area contributed by atoms with E-state index in [-0.39, 0.29) is 40.4 Å². The first-order chi connectivity index (χ1) is 17.9. The number of fused-ring (bicyclic) bond motifs is 1. The van der Waals surface area contributed by atoms with Crippen LogP contribution in [0, 0.1) is 11.8 Å². The smallest absolute Gasteiger partial charge is 0.244 e. The summed E-state index contributed by atoms with van der Waals surface area (Å²) in [6.07, 6.45) is 6.37. The number of alkyl halides is 1. The number of anilines is 1. The number of likely N-dealkylation sites (tertiary alicyclic amines) is 1. The molecular weight excluding hydrogens is 558 g/mol. The van der Waals surface area contributed by atoms with E-state index in [2.05, 4.69) is 26.6 Å². The molecule has 8 nitrogen and oxygen atoms in total. The van der Waals surface area contributed by atoms with Crippen molar-refractivity contribution in [3.63, 3.8) is 0 Å². The quantitative estimate of drug-likeness (QED) is 0.379. The van der Waals surface area contributed by atoms with Gasteiger partial charge in [-0.1, -0.05) is 35.2 Å². The Kier molecular flexibility index (Phi) is 8.07. The molecule has 202 valence electrons. The molecule has 3 N–H and O–H groups in total. The second-order valence-corrected chi connectivity index (χ2v) is 13.3. The molecule has 3 amide bonds. The molecule has 4 aliphatic rings. The average Bonchev–Trinajstić information content (AvgIpc) is 3.48. The number of amides is 3. The van der Waals surface area contributed by atoms with Gasteiger partial charge in [-0.3, -0.25) is 14.4 Å². The lowest BCUT2D eigenvalue weighted by atomic mass is 9.70. The molecule has 3 unspecified atom stereocenters. The molecule has 1 spiro atoms. The normalized spacial score (nSPS) is 32.9. The molecule has 3 saturated heterocycles. The Balaban J connectivity index is 1.41. The van der Waals surface area contributed by atoms with Crippen LogP contribution in [-0.4, -0.2) is 74.4 Å². The lowest BCUT2D eigenvalue weighted by molar-refractivity contribution is -0.139. The number of thioether (sulfide) groups is 1. The van der Waals surface area contributed by atoms with Crippen LogP contribution in [0.2, 0.25) is 0 Å². The molecule has 0 aromatic heterocycles. The summed E-state index contributed by atoms with van der Waals surface area (Å²) in [5, 5.41) is 15.7. The van der Waals surface area contributed by atoms with Gasteiger partial charge in [-0.25, -0.2) is 0 Å². The van der Waals surface area contributed by atoms with Crippen LogP contribution in [0.25, 0.3) is 0 Å². The van der Waals surface area contributed by atoms with E-state index in [4.69, 9.17) is 4.74 Å². The second-order valence-electron chi connectivity index (χ2n) is 10.6. The molecule has 1 aliphatic carbocycles. The first-order valence-electron chi connectivity index (χ1n) is 13.5. The molecule has 5 rings (SSSR count). The van der Waals surface area contributed by atoms with Crippen LogP contribution in [0.5, 0.6) is 5.75 Å². The van der Waals surface area contributed by atoms with Crippen molar-refractivity contribution in [3.8, 4) is 5.75 Å². The van der Waals surface area contributed by atoms with Crippen molar-refractivity contribution < 1.29 is 24.2 Å². The van der Waals surface area contributed by atoms with E-state index in [9.17, 15) is 19.5 Å². The number of carbonyl (C=O) groups excluding carboxylic acids is 3. The minimum atomic E-state index is -0.662. The Hall–Kier alpha value is -1.78. The molecular formula is C27H36BrN3O5S. The Bertz CT molecular complexity index is 1020. The van der Waals surface area contributed by atoms with Gasteiger partial charge in [-0.05, 0) is 56.9 Å². The van der Waals surface area contributed by atoms with Crippen LogP contribution < -0.4 is 15.4 Å². The average molecular weight is 595 g/mol. The molecule has 6 atom stereocenters. The molecule has 37 heavy (non-hydrogen) atoms. The highest BCUT2D eigenvalue weighted by Gasteiger charge is 2.75. The summed E-state index contributed by atoms with van der Waals surface area (Å²) in [6, 6.07) is 6.72. The minimum absolute atomic E-state index is 0.0282. The number of aliphatic hydroxyl groups is 1. The van der Waals surface area contributed by atoms with Gasteiger partial charge in [0.15, 0.2) is 0 Å². The zero-order valence-electron chi connectivity index (χ0n) is 21.2. The zero-order valence-corrected chi connectivity index (χ0v) is 23.6. The highest BCUT2D eigenvalue weighted by atomic mass is 79.9. The highest BCUT2D eigenvalue weighted by molar-refractivity contribution is 9.09. The van der Waals surface area contributed by atoms with Crippen molar-refractivity contribution in [1.29, 1.82) is 0 Å². The fourth-order valence-electron chi connectivity index (χ4n) is 6.77. The molecule has 1 saturated carbocycles. The standard InChI is InChI=1S/C27H36BrN3O5S/c1-2-36-18-11-9-17(10-12-18)29-24(33)20-21-26(35)31(13-6-14-32)23(27(21)15-19(28)22(20)37-27)25(34)30-16-7-4-3-5-8-16/h9-12,16,19-23,32H,2-8,13-15H2,1H3,(H,29,33)(H,30,34)/t19?,20-,21-,22-,23?,27?/m0/s1. The van der Waals surface area contributed by atoms with E-state index in [1.807, 2.05) is 19.1 Å². The van der Waals surface area contributed by atoms with Crippen molar-refractivity contribution in [3.05, 3.63) is 24.3 Å². The van der Waals surface area contributed by atoms with Crippen molar-refractivity contribution >= 4 is 51.1 Å². The molecule has 1 aromatic carbocycles. The largest absolute Gasteiger partial charge is 0.494 e. The van der Waals surface area contributed by atoms with Gasteiger partial charge in [-0.2, -0.15) is 0 Å². The number of carbonyl (C=O) groups is 3. The maximum Gasteiger partial charge on any atom is 0.244 e. The van der Waals surface area contributed by atoms with Gasteiger partial charge in [0, 0.05) is 35.0 Å². The maximum absolute atomic E-state index is 13.9. The van der Waals surface area contributed by atoms with Gasteiger partial charge in [0.25, 0.3) is 0 Å². The molecule has 4 fully saturated rings. The number of nitrogens with zero attached hydrogens (tertiary/aromatic N) is 1. The third kappa shape index (κ3) is 4.89. The summed E-state index contributed by atoms with van der Waals surface area (Å²) in [7, 11) is 0. The number of ether oxygens (including phenoxy) is 1. The van der Waals surface area contributed by atoms with Gasteiger partial charge in [0.2, 0.25) is 17.7 Å². The molecule has 1 aromatic rings. The zero-order chi connectivity index (χ0) is 26.2. The summed E-state index contributed by atoms with van der Waals surface area (Å²) in [4.78, 5) is 43.1. The Morgan fingerprint density at radius 3 is 2.59 bits per heavy atom. The number of aliphatic hydroxyl groups excluding tert-OH is 1. The maximum atomic E-state index is 13.9. The van der Waals surface area contributed by atoms with Crippen LogP contribution in [0.4, 0.5) is 5.69 Å². The summed E-state index contributed by atoms with van der Waals surface area (Å²) in [5.41, 5.74) is 0.649. The fourth-order valence-corrected chi connectivity index (χ4v) is 10.4. The summed E-state index contributed by atoms with van der Waals surface area (Å²) in [6.45, 7) is 2.73. The first kappa shape index (κ1) is 26.8. The predicted molar refractivity (Wildman–Crippen MR) is 147 cm³/mol. The van der Waals surface area contributed by atoms with E-state index in [0.29, 0.717) is 31.7 Å². The Morgan fingerprint density at radius 2 is 1.92 bits per heavy atom. The minimum Gasteiger partial charge on any atom is -0.494 e. The molecule has 10 heteroatoms. The number of rotatable bonds is 9. The van der Waals surface area contributed by atoms with Gasteiger partial charge in [0.1, 0.15) is 11.8 Å². The molecule has 0 radical (unpaired) electrons. The van der Waals surface area contributed by atoms with E-state index in [0.717, 1.165) is 31.4 Å². The fraction of sp³-hybridized carbons (Fsp3) is 0.667. The van der Waals surface area contributed by atoms with Gasteiger partial charge >= 0.3 is 0 Å². The van der Waals surface area contributed by atoms with Crippen molar-refractivity contribution in [2.45, 2.75) is 78.8 Å². The van der Waals surface area contributed by atoms with Crippen LogP contribution in [0.3, 0.4) is 0 Å².